The Labute approximate surface area is 89.6 Å². The predicted octanol–water partition coefficient (Wildman–Crippen LogP) is 1.69. The van der Waals surface area contributed by atoms with Crippen LogP contribution in [0, 0.1) is 0 Å². The van der Waals surface area contributed by atoms with Crippen molar-refractivity contribution in [1.29, 1.82) is 0 Å². The topological polar surface area (TPSA) is 38.7 Å². The molecule has 15 heavy (non-hydrogen) atoms. The molecule has 0 aliphatic carbocycles. The van der Waals surface area contributed by atoms with E-state index in [1.807, 2.05) is 18.2 Å². The van der Waals surface area contributed by atoms with Gasteiger partial charge in [-0.15, -0.1) is 0 Å². The molecule has 1 aliphatic heterocycles. The first kappa shape index (κ1) is 10.5. The van der Waals surface area contributed by atoms with Crippen molar-refractivity contribution in [2.24, 2.45) is 0 Å². The van der Waals surface area contributed by atoms with Crippen LogP contribution in [-0.2, 0) is 11.2 Å². The lowest BCUT2D eigenvalue weighted by Gasteiger charge is -2.11. The van der Waals surface area contributed by atoms with Gasteiger partial charge < -0.3 is 14.6 Å². The van der Waals surface area contributed by atoms with Gasteiger partial charge in [0.25, 0.3) is 0 Å². The largest absolute Gasteiger partial charge is 0.493 e. The standard InChI is InChI=1S/C12H16O3/c1-14-6-5-11(13)9-2-3-12-10(8-9)4-7-15-12/h2-3,8,11,13H,4-7H2,1H3. The molecule has 1 aromatic rings. The molecule has 82 valence electrons. The second kappa shape index (κ2) is 4.64. The van der Waals surface area contributed by atoms with E-state index in [0.29, 0.717) is 13.0 Å². The van der Waals surface area contributed by atoms with Crippen molar-refractivity contribution < 1.29 is 14.6 Å². The summed E-state index contributed by atoms with van der Waals surface area (Å²) < 4.78 is 10.3. The van der Waals surface area contributed by atoms with Crippen LogP contribution >= 0.6 is 0 Å². The first-order valence-corrected chi connectivity index (χ1v) is 5.24. The lowest BCUT2D eigenvalue weighted by molar-refractivity contribution is 0.110. The van der Waals surface area contributed by atoms with E-state index >= 15 is 0 Å². The highest BCUT2D eigenvalue weighted by Gasteiger charge is 2.15. The van der Waals surface area contributed by atoms with Gasteiger partial charge in [-0.1, -0.05) is 6.07 Å². The molecule has 0 saturated carbocycles. The third-order valence-electron chi connectivity index (χ3n) is 2.69. The number of aliphatic hydroxyl groups is 1. The Bertz CT molecular complexity index is 336. The molecule has 0 aromatic heterocycles. The molecule has 3 heteroatoms. The van der Waals surface area contributed by atoms with Crippen LogP contribution in [0.2, 0.25) is 0 Å². The van der Waals surface area contributed by atoms with Crippen molar-refractivity contribution in [3.05, 3.63) is 29.3 Å². The first-order valence-electron chi connectivity index (χ1n) is 5.24. The molecule has 1 aliphatic rings. The summed E-state index contributed by atoms with van der Waals surface area (Å²) in [5, 5.41) is 9.86. The fourth-order valence-electron chi connectivity index (χ4n) is 1.81. The van der Waals surface area contributed by atoms with Gasteiger partial charge in [-0.05, 0) is 23.3 Å². The molecule has 0 radical (unpaired) electrons. The zero-order valence-electron chi connectivity index (χ0n) is 8.90. The number of hydrogen-bond acceptors (Lipinski definition) is 3. The zero-order valence-corrected chi connectivity index (χ0v) is 8.90. The van der Waals surface area contributed by atoms with Crippen molar-refractivity contribution in [3.63, 3.8) is 0 Å². The smallest absolute Gasteiger partial charge is 0.122 e. The summed E-state index contributed by atoms with van der Waals surface area (Å²) >= 11 is 0. The minimum Gasteiger partial charge on any atom is -0.493 e. The second-order valence-electron chi connectivity index (χ2n) is 3.76. The molecule has 0 spiro atoms. The quantitative estimate of drug-likeness (QED) is 0.818. The maximum atomic E-state index is 9.86. The van der Waals surface area contributed by atoms with Crippen LogP contribution in [0.5, 0.6) is 5.75 Å². The highest BCUT2D eigenvalue weighted by molar-refractivity contribution is 5.40. The molecule has 1 N–H and O–H groups in total. The molecular formula is C12H16O3. The highest BCUT2D eigenvalue weighted by atomic mass is 16.5. The van der Waals surface area contributed by atoms with E-state index in [-0.39, 0.29) is 0 Å². The van der Waals surface area contributed by atoms with Crippen LogP contribution in [0.1, 0.15) is 23.7 Å². The normalized spacial score (nSPS) is 15.9. The van der Waals surface area contributed by atoms with Crippen molar-refractivity contribution in [2.75, 3.05) is 20.3 Å². The Hall–Kier alpha value is -1.06. The Morgan fingerprint density at radius 3 is 3.20 bits per heavy atom. The summed E-state index contributed by atoms with van der Waals surface area (Å²) in [5.74, 6) is 0.956. The molecule has 0 saturated heterocycles. The fourth-order valence-corrected chi connectivity index (χ4v) is 1.81. The van der Waals surface area contributed by atoms with Crippen molar-refractivity contribution in [1.82, 2.24) is 0 Å². The highest BCUT2D eigenvalue weighted by Crippen LogP contribution is 2.28. The van der Waals surface area contributed by atoms with E-state index < -0.39 is 6.10 Å². The van der Waals surface area contributed by atoms with Crippen molar-refractivity contribution >= 4 is 0 Å². The van der Waals surface area contributed by atoms with Crippen LogP contribution in [0.25, 0.3) is 0 Å². The number of fused-ring (bicyclic) bond motifs is 1. The molecule has 1 unspecified atom stereocenters. The van der Waals surface area contributed by atoms with Gasteiger partial charge in [0.2, 0.25) is 0 Å². The Kier molecular flexibility index (Phi) is 3.23. The lowest BCUT2D eigenvalue weighted by atomic mass is 10.0. The van der Waals surface area contributed by atoms with E-state index in [9.17, 15) is 5.11 Å². The van der Waals surface area contributed by atoms with E-state index in [0.717, 1.165) is 24.3 Å². The SMILES string of the molecule is COCCC(O)c1ccc2c(c1)CCO2. The molecule has 2 rings (SSSR count). The maximum absolute atomic E-state index is 9.86. The van der Waals surface area contributed by atoms with Gasteiger partial charge >= 0.3 is 0 Å². The van der Waals surface area contributed by atoms with Crippen LogP contribution in [0.3, 0.4) is 0 Å². The van der Waals surface area contributed by atoms with Gasteiger partial charge in [0.15, 0.2) is 0 Å². The average molecular weight is 208 g/mol. The average Bonchev–Trinajstić information content (AvgIpc) is 2.72. The number of hydrogen-bond donors (Lipinski definition) is 1. The summed E-state index contributed by atoms with van der Waals surface area (Å²) in [6.07, 6.45) is 1.15. The molecule has 1 atom stereocenters. The minimum absolute atomic E-state index is 0.434. The van der Waals surface area contributed by atoms with Gasteiger partial charge in [0.05, 0.1) is 12.7 Å². The van der Waals surface area contributed by atoms with Crippen LogP contribution < -0.4 is 4.74 Å². The van der Waals surface area contributed by atoms with Gasteiger partial charge in [-0.2, -0.15) is 0 Å². The molecule has 1 aromatic carbocycles. The zero-order chi connectivity index (χ0) is 10.7. The first-order chi connectivity index (χ1) is 7.31. The van der Waals surface area contributed by atoms with Gasteiger partial charge in [0, 0.05) is 26.6 Å². The molecule has 3 nitrogen and oxygen atoms in total. The number of methoxy groups -OCH3 is 1. The molecule has 0 bridgehead atoms. The molecule has 0 amide bonds. The maximum Gasteiger partial charge on any atom is 0.122 e. The Morgan fingerprint density at radius 2 is 2.40 bits per heavy atom. The summed E-state index contributed by atoms with van der Waals surface area (Å²) in [5.41, 5.74) is 2.15. The molecule has 0 fully saturated rings. The number of benzene rings is 1. The number of aliphatic hydroxyl groups excluding tert-OH is 1. The minimum atomic E-state index is -0.434. The fraction of sp³-hybridized carbons (Fsp3) is 0.500. The predicted molar refractivity (Wildman–Crippen MR) is 57.1 cm³/mol. The van der Waals surface area contributed by atoms with Gasteiger partial charge in [-0.3, -0.25) is 0 Å². The van der Waals surface area contributed by atoms with Crippen molar-refractivity contribution in [2.45, 2.75) is 18.9 Å². The lowest BCUT2D eigenvalue weighted by Crippen LogP contribution is -2.02. The Balaban J connectivity index is 2.08. The van der Waals surface area contributed by atoms with E-state index in [2.05, 4.69) is 0 Å². The van der Waals surface area contributed by atoms with Crippen LogP contribution in [-0.4, -0.2) is 25.4 Å². The van der Waals surface area contributed by atoms with Gasteiger partial charge in [-0.25, -0.2) is 0 Å². The summed E-state index contributed by atoms with van der Waals surface area (Å²) in [7, 11) is 1.64. The molecular weight excluding hydrogens is 192 g/mol. The third-order valence-corrected chi connectivity index (χ3v) is 2.69. The third kappa shape index (κ3) is 2.30. The van der Waals surface area contributed by atoms with Crippen LogP contribution in [0.4, 0.5) is 0 Å². The van der Waals surface area contributed by atoms with Crippen LogP contribution in [0.15, 0.2) is 18.2 Å². The van der Waals surface area contributed by atoms with E-state index in [1.165, 1.54) is 5.56 Å². The van der Waals surface area contributed by atoms with Gasteiger partial charge in [0.1, 0.15) is 5.75 Å². The van der Waals surface area contributed by atoms with Crippen molar-refractivity contribution in [3.8, 4) is 5.75 Å². The number of ether oxygens (including phenoxy) is 2. The second-order valence-corrected chi connectivity index (χ2v) is 3.76. The number of rotatable bonds is 4. The molecule has 1 heterocycles. The van der Waals surface area contributed by atoms with E-state index in [4.69, 9.17) is 9.47 Å². The summed E-state index contributed by atoms with van der Waals surface area (Å²) in [6.45, 7) is 1.34. The summed E-state index contributed by atoms with van der Waals surface area (Å²) in [4.78, 5) is 0. The monoisotopic (exact) mass is 208 g/mol. The Morgan fingerprint density at radius 1 is 1.53 bits per heavy atom. The van der Waals surface area contributed by atoms with E-state index in [1.54, 1.807) is 7.11 Å². The summed E-state index contributed by atoms with van der Waals surface area (Å²) in [6, 6.07) is 5.89.